The lowest BCUT2D eigenvalue weighted by atomic mass is 9.87. The first-order valence-corrected chi connectivity index (χ1v) is 22.2. The Labute approximate surface area is 320 Å². The van der Waals surface area contributed by atoms with Crippen LogP contribution in [0.5, 0.6) is 11.6 Å². The summed E-state index contributed by atoms with van der Waals surface area (Å²) in [6.45, 7) is 15.4. The van der Waals surface area contributed by atoms with Crippen molar-refractivity contribution in [1.82, 2.24) is 15.0 Å². The highest BCUT2D eigenvalue weighted by molar-refractivity contribution is 7.99. The average molecular weight is 781 g/mol. The van der Waals surface area contributed by atoms with Gasteiger partial charge in [0.2, 0.25) is 5.88 Å². The summed E-state index contributed by atoms with van der Waals surface area (Å²) in [7, 11) is -0.857. The van der Waals surface area contributed by atoms with Crippen LogP contribution in [-0.4, -0.2) is 67.8 Å². The summed E-state index contributed by atoms with van der Waals surface area (Å²) in [5.74, 6) is 3.32. The number of fused-ring (bicyclic) bond motifs is 6. The van der Waals surface area contributed by atoms with Gasteiger partial charge in [-0.2, -0.15) is 0 Å². The fraction of sp³-hybridized carbons (Fsp3) is 0.537. The fourth-order valence-corrected chi connectivity index (χ4v) is 15.4. The van der Waals surface area contributed by atoms with Crippen molar-refractivity contribution < 1.29 is 31.8 Å². The first kappa shape index (κ1) is 38.7. The number of pyridine rings is 1. The molecule has 7 nitrogen and oxygen atoms in total. The van der Waals surface area contributed by atoms with E-state index in [0.717, 1.165) is 19.3 Å². The molecule has 3 aliphatic rings. The maximum atomic E-state index is 17.5. The van der Waals surface area contributed by atoms with Gasteiger partial charge in [-0.3, -0.25) is 0 Å². The van der Waals surface area contributed by atoms with Gasteiger partial charge in [-0.15, -0.1) is 5.54 Å². The number of methoxy groups -OCH3 is 1. The zero-order chi connectivity index (χ0) is 38.6. The van der Waals surface area contributed by atoms with Crippen LogP contribution in [0.1, 0.15) is 73.3 Å². The number of aromatic nitrogens is 3. The van der Waals surface area contributed by atoms with Gasteiger partial charge in [-0.05, 0) is 77.1 Å². The minimum Gasteiger partial charge on any atom is -0.468 e. The predicted molar refractivity (Wildman–Crippen MR) is 209 cm³/mol. The molecule has 0 amide bonds. The molecule has 2 bridgehead atoms. The highest BCUT2D eigenvalue weighted by Gasteiger charge is 2.51. The van der Waals surface area contributed by atoms with Crippen molar-refractivity contribution >= 4 is 47.3 Å². The number of nitrogens with zero attached hydrogens (tertiary/aromatic N) is 4. The largest absolute Gasteiger partial charge is 0.468 e. The summed E-state index contributed by atoms with van der Waals surface area (Å²) in [4.78, 5) is 16.2. The van der Waals surface area contributed by atoms with Crippen LogP contribution in [0, 0.1) is 34.9 Å². The van der Waals surface area contributed by atoms with Gasteiger partial charge in [0, 0.05) is 24.6 Å². The number of benzene rings is 2. The van der Waals surface area contributed by atoms with Crippen LogP contribution in [0.4, 0.5) is 23.4 Å². The predicted octanol–water partition coefficient (Wildman–Crippen LogP) is 10.4. The van der Waals surface area contributed by atoms with Crippen molar-refractivity contribution in [2.75, 3.05) is 31.1 Å². The van der Waals surface area contributed by atoms with Gasteiger partial charge < -0.3 is 19.1 Å². The lowest BCUT2D eigenvalue weighted by Crippen LogP contribution is -2.55. The molecule has 7 rings (SSSR count). The van der Waals surface area contributed by atoms with E-state index in [9.17, 15) is 0 Å². The Morgan fingerprint density at radius 1 is 1.00 bits per heavy atom. The number of anilines is 1. The summed E-state index contributed by atoms with van der Waals surface area (Å²) >= 11 is 1.34. The summed E-state index contributed by atoms with van der Waals surface area (Å²) < 4.78 is 81.4. The van der Waals surface area contributed by atoms with Gasteiger partial charge in [0.1, 0.15) is 42.1 Å². The molecule has 4 aromatic rings. The van der Waals surface area contributed by atoms with Crippen LogP contribution in [0.25, 0.3) is 32.9 Å². The highest BCUT2D eigenvalue weighted by atomic mass is 32.2. The number of hydrogen-bond acceptors (Lipinski definition) is 8. The second-order valence-electron chi connectivity index (χ2n) is 15.8. The zero-order valence-electron chi connectivity index (χ0n) is 32.1. The molecule has 288 valence electrons. The molecule has 1 saturated heterocycles. The SMILES string of the molecule is CCSc1nc2c3c(nc(-c4cc(OCOC)cc5ccc(F)c(C#C[Si](C(C)C)(C(C)C)C(C)C)c45)c(F)c3n1)O[C@H](C(F)F)[C@@H]1[C@@H]3CC[C@@H](C3)CN21. The van der Waals surface area contributed by atoms with Crippen molar-refractivity contribution in [2.45, 2.75) is 108 Å². The second-order valence-corrected chi connectivity index (χ2v) is 22.6. The number of thioether (sulfide) groups is 1. The van der Waals surface area contributed by atoms with Gasteiger partial charge in [0.15, 0.2) is 23.9 Å². The molecule has 2 aliphatic heterocycles. The molecular formula is C41H48F4N4O3SSi. The Morgan fingerprint density at radius 2 is 1.74 bits per heavy atom. The fourth-order valence-electron chi connectivity index (χ4n) is 9.62. The highest BCUT2D eigenvalue weighted by Crippen LogP contribution is 2.50. The van der Waals surface area contributed by atoms with Crippen molar-refractivity contribution in [1.29, 1.82) is 0 Å². The lowest BCUT2D eigenvalue weighted by molar-refractivity contribution is -0.0183. The number of alkyl halides is 2. The Bertz CT molecular complexity index is 2120. The maximum Gasteiger partial charge on any atom is 0.276 e. The van der Waals surface area contributed by atoms with Crippen LogP contribution in [0.2, 0.25) is 16.6 Å². The lowest BCUT2D eigenvalue weighted by Gasteiger charge is -2.42. The summed E-state index contributed by atoms with van der Waals surface area (Å²) in [6, 6.07) is 5.57. The Kier molecular flexibility index (Phi) is 10.8. The van der Waals surface area contributed by atoms with E-state index in [1.54, 1.807) is 18.2 Å². The van der Waals surface area contributed by atoms with Gasteiger partial charge in [0.25, 0.3) is 6.43 Å². The quantitative estimate of drug-likeness (QED) is 0.0394. The third-order valence-corrected chi connectivity index (χ3v) is 18.9. The van der Waals surface area contributed by atoms with E-state index in [0.29, 0.717) is 45.7 Å². The molecule has 1 saturated carbocycles. The van der Waals surface area contributed by atoms with Crippen LogP contribution < -0.4 is 14.4 Å². The average Bonchev–Trinajstić information content (AvgIpc) is 3.44. The van der Waals surface area contributed by atoms with Crippen molar-refractivity contribution in [3.05, 3.63) is 41.5 Å². The summed E-state index contributed by atoms with van der Waals surface area (Å²) in [6.07, 6.45) is -1.82. The van der Waals surface area contributed by atoms with E-state index in [1.807, 2.05) is 11.8 Å². The standard InChI is InChI=1S/C41H48F4N4O3SSi/c1-9-53-41-47-35-32-39(48-41)49-19-24-10-11-26(16-24)36(49)37(38(44)45)52-40(32)46-34(33(35)43)29-18-27(51-20-50-8)17-25-12-13-30(42)28(31(25)29)14-15-54(21(2)3,22(4)5)23(6)7/h12-13,17-18,21-24,26,36-38H,9-11,16,19-20H2,1-8H3/t24-,26+,36-,37-/m0/s1. The van der Waals surface area contributed by atoms with Crippen molar-refractivity contribution in [3.63, 3.8) is 0 Å². The molecule has 2 aromatic heterocycles. The number of hydrogen-bond donors (Lipinski definition) is 0. The summed E-state index contributed by atoms with van der Waals surface area (Å²) in [5, 5.41) is 1.35. The molecule has 2 fully saturated rings. The van der Waals surface area contributed by atoms with Gasteiger partial charge in [0.05, 0.1) is 11.6 Å². The molecule has 1 aliphatic carbocycles. The Balaban J connectivity index is 1.55. The van der Waals surface area contributed by atoms with Crippen LogP contribution in [0.15, 0.2) is 29.4 Å². The topological polar surface area (TPSA) is 69.6 Å². The molecule has 0 unspecified atom stereocenters. The third-order valence-electron chi connectivity index (χ3n) is 11.9. The Morgan fingerprint density at radius 3 is 2.41 bits per heavy atom. The van der Waals surface area contributed by atoms with E-state index in [4.69, 9.17) is 24.2 Å². The molecule has 0 spiro atoms. The number of ether oxygens (including phenoxy) is 3. The van der Waals surface area contributed by atoms with E-state index >= 15 is 17.6 Å². The number of piperidine rings is 1. The second kappa shape index (κ2) is 15.1. The summed E-state index contributed by atoms with van der Waals surface area (Å²) in [5.41, 5.74) is 4.44. The molecule has 54 heavy (non-hydrogen) atoms. The van der Waals surface area contributed by atoms with Crippen molar-refractivity contribution in [2.24, 2.45) is 11.8 Å². The van der Waals surface area contributed by atoms with Crippen LogP contribution in [0.3, 0.4) is 0 Å². The first-order valence-electron chi connectivity index (χ1n) is 19.0. The molecule has 4 heterocycles. The molecule has 2 aromatic carbocycles. The van der Waals surface area contributed by atoms with Crippen LogP contribution >= 0.6 is 11.8 Å². The normalized spacial score (nSPS) is 20.9. The van der Waals surface area contributed by atoms with E-state index < -0.39 is 38.3 Å². The van der Waals surface area contributed by atoms with E-state index in [2.05, 4.69) is 58.0 Å². The minimum atomic E-state index is -2.85. The zero-order valence-corrected chi connectivity index (χ0v) is 33.9. The van der Waals surface area contributed by atoms with Gasteiger partial charge >= 0.3 is 0 Å². The number of halogens is 4. The maximum absolute atomic E-state index is 17.5. The molecular weight excluding hydrogens is 733 g/mol. The Hall–Kier alpha value is -3.60. The minimum absolute atomic E-state index is 0.0328. The van der Waals surface area contributed by atoms with E-state index in [-0.39, 0.29) is 62.9 Å². The number of rotatable bonds is 10. The van der Waals surface area contributed by atoms with Crippen molar-refractivity contribution in [3.8, 4) is 34.4 Å². The van der Waals surface area contributed by atoms with Gasteiger partial charge in [-0.1, -0.05) is 72.2 Å². The smallest absolute Gasteiger partial charge is 0.276 e. The molecule has 0 radical (unpaired) electrons. The molecule has 0 N–H and O–H groups in total. The third kappa shape index (κ3) is 6.49. The monoisotopic (exact) mass is 780 g/mol. The first-order chi connectivity index (χ1) is 25.8. The molecule has 4 atom stereocenters. The van der Waals surface area contributed by atoms with E-state index in [1.165, 1.54) is 24.9 Å². The van der Waals surface area contributed by atoms with Gasteiger partial charge in [-0.25, -0.2) is 32.5 Å². The molecule has 13 heteroatoms. The van der Waals surface area contributed by atoms with Crippen LogP contribution in [-0.2, 0) is 4.74 Å².